The molecule has 56 heavy (non-hydrogen) atoms. The van der Waals surface area contributed by atoms with E-state index in [1.54, 1.807) is 39.0 Å². The molecule has 1 unspecified atom stereocenters. The first-order valence-corrected chi connectivity index (χ1v) is 18.0. The van der Waals surface area contributed by atoms with E-state index in [9.17, 15) is 9.59 Å². The zero-order chi connectivity index (χ0) is 42.2. The normalized spacial score (nSPS) is 11.9. The number of rotatable bonds is 19. The monoisotopic (exact) mass is 777 g/mol. The Morgan fingerprint density at radius 1 is 0.554 bits per heavy atom. The van der Waals surface area contributed by atoms with Gasteiger partial charge in [-0.1, -0.05) is 45.4 Å². The average Bonchev–Trinajstić information content (AvgIpc) is 3.13. The van der Waals surface area contributed by atoms with Crippen LogP contribution in [0.15, 0.2) is 72.1 Å². The van der Waals surface area contributed by atoms with E-state index < -0.39 is 0 Å². The van der Waals surface area contributed by atoms with Gasteiger partial charge in [0.05, 0.1) is 23.2 Å². The number of unbranched alkanes of at least 4 members (excludes halogenated alkanes) is 6. The Hall–Kier alpha value is -6.73. The Bertz CT molecular complexity index is 1760. The lowest BCUT2D eigenvalue weighted by Gasteiger charge is -2.16. The molecule has 0 bridgehead atoms. The molecule has 1 atom stereocenters. The number of guanidine groups is 4. The minimum atomic E-state index is -0.216. The van der Waals surface area contributed by atoms with Gasteiger partial charge in [0.2, 0.25) is 35.7 Å². The fraction of sp³-hybridized carbons (Fsp3) is 0.417. The molecule has 0 heterocycles. The summed E-state index contributed by atoms with van der Waals surface area (Å²) in [6.07, 6.45) is 8.60. The van der Waals surface area contributed by atoms with Crippen molar-refractivity contribution in [2.45, 2.75) is 99.0 Å². The Morgan fingerprint density at radius 2 is 0.982 bits per heavy atom. The van der Waals surface area contributed by atoms with Crippen LogP contribution >= 0.6 is 0 Å². The maximum absolute atomic E-state index is 12.5. The van der Waals surface area contributed by atoms with Gasteiger partial charge in [0.15, 0.2) is 0 Å². The Labute approximate surface area is 328 Å². The number of hydrogen-bond donors (Lipinski definition) is 11. The van der Waals surface area contributed by atoms with Crippen LogP contribution in [0.1, 0.15) is 121 Å². The summed E-state index contributed by atoms with van der Waals surface area (Å²) >= 11 is 0. The van der Waals surface area contributed by atoms with Crippen molar-refractivity contribution in [3.05, 3.63) is 58.7 Å². The number of amides is 2. The van der Waals surface area contributed by atoms with E-state index in [1.165, 1.54) is 39.0 Å². The molecular weight excluding hydrogens is 717 g/mol. The third-order valence-electron chi connectivity index (χ3n) is 7.59. The van der Waals surface area contributed by atoms with Gasteiger partial charge in [0.1, 0.15) is 0 Å². The molecule has 0 saturated heterocycles. The van der Waals surface area contributed by atoms with Crippen molar-refractivity contribution in [3.63, 3.8) is 0 Å². The predicted molar refractivity (Wildman–Crippen MR) is 230 cm³/mol. The standard InChI is InChI=1S/C22H39N9O.C14H21N9O/c1-4-5-6-7-8-9-10-11-20(32)27-19-13-17(15(2)28-30-21(23)24)12-18(14-19)16(3)29-31-22(25)26;1-7(20-22-13(15)16)10-4-11(8(2)21-23-14(17)18)6-12(5-10)19-9(3)24/h12-15,28H,4-11H2,1-3H3,(H,27,32)(H4,23,24,30)(H4,25,26,31);4-6H,1-3H3,(H,19,24)(H4,15,16,22)(H4,17,18,23)/b29-16+;20-7+,21-8+. The molecule has 0 aliphatic carbocycles. The number of hydrogen-bond acceptors (Lipinski definition) is 10. The molecule has 2 aromatic rings. The van der Waals surface area contributed by atoms with Gasteiger partial charge in [0, 0.05) is 35.8 Å². The molecule has 0 saturated carbocycles. The first-order chi connectivity index (χ1) is 26.4. The smallest absolute Gasteiger partial charge is 0.224 e. The quantitative estimate of drug-likeness (QED) is 0.0425. The van der Waals surface area contributed by atoms with Crippen molar-refractivity contribution < 1.29 is 9.59 Å². The van der Waals surface area contributed by atoms with Crippen LogP contribution < -0.4 is 61.9 Å². The highest BCUT2D eigenvalue weighted by molar-refractivity contribution is 6.06. The SMILES string of the molecule is CC(=O)Nc1cc(/C(C)=N/N=C(N)N)cc(/C(C)=N/N=C(N)N)c1.CCCCCCCCCC(=O)Nc1cc(/C(C)=N/N=C(N)N)cc(C(C)NN=C(N)N)c1. The highest BCUT2D eigenvalue weighted by Crippen LogP contribution is 2.22. The van der Waals surface area contributed by atoms with Crippen LogP contribution in [0.25, 0.3) is 0 Å². The van der Waals surface area contributed by atoms with E-state index in [-0.39, 0.29) is 41.7 Å². The van der Waals surface area contributed by atoms with Gasteiger partial charge in [-0.2, -0.15) is 15.3 Å². The fourth-order valence-electron chi connectivity index (χ4n) is 4.79. The van der Waals surface area contributed by atoms with Crippen LogP contribution in [0.4, 0.5) is 11.4 Å². The van der Waals surface area contributed by atoms with Gasteiger partial charge in [0.25, 0.3) is 0 Å². The van der Waals surface area contributed by atoms with Crippen LogP contribution in [0, 0.1) is 0 Å². The van der Waals surface area contributed by atoms with Crippen molar-refractivity contribution in [1.29, 1.82) is 0 Å². The topological polar surface area (TPSA) is 365 Å². The number of carbonyl (C=O) groups excluding carboxylic acids is 2. The summed E-state index contributed by atoms with van der Waals surface area (Å²) in [6, 6.07) is 10.7. The minimum absolute atomic E-state index is 0.0229. The van der Waals surface area contributed by atoms with Crippen molar-refractivity contribution in [3.8, 4) is 0 Å². The van der Waals surface area contributed by atoms with Crippen LogP contribution in [0.2, 0.25) is 0 Å². The molecule has 20 heteroatoms. The van der Waals surface area contributed by atoms with Crippen LogP contribution in [0.5, 0.6) is 0 Å². The molecule has 0 aliphatic heterocycles. The molecule has 2 aromatic carbocycles. The largest absolute Gasteiger partial charge is 0.369 e. The third kappa shape index (κ3) is 20.5. The lowest BCUT2D eigenvalue weighted by molar-refractivity contribution is -0.116. The summed E-state index contributed by atoms with van der Waals surface area (Å²) in [7, 11) is 0. The molecule has 306 valence electrons. The van der Waals surface area contributed by atoms with E-state index in [4.69, 9.17) is 45.9 Å². The molecule has 0 radical (unpaired) electrons. The van der Waals surface area contributed by atoms with Crippen molar-refractivity contribution in [2.75, 3.05) is 10.6 Å². The lowest BCUT2D eigenvalue weighted by Crippen LogP contribution is -2.27. The van der Waals surface area contributed by atoms with Crippen molar-refractivity contribution in [2.24, 2.45) is 81.6 Å². The second-order valence-corrected chi connectivity index (χ2v) is 12.8. The van der Waals surface area contributed by atoms with E-state index >= 15 is 0 Å². The molecule has 0 aliphatic rings. The first kappa shape index (κ1) is 47.3. The number of nitrogens with zero attached hydrogens (tertiary/aromatic N) is 7. The number of anilines is 2. The van der Waals surface area contributed by atoms with Crippen LogP contribution in [-0.2, 0) is 9.59 Å². The average molecular weight is 777 g/mol. The second-order valence-electron chi connectivity index (χ2n) is 12.8. The highest BCUT2D eigenvalue weighted by Gasteiger charge is 2.12. The van der Waals surface area contributed by atoms with Crippen molar-refractivity contribution in [1.82, 2.24) is 5.43 Å². The zero-order valence-corrected chi connectivity index (χ0v) is 33.3. The summed E-state index contributed by atoms with van der Waals surface area (Å²) in [5, 5.41) is 32.4. The van der Waals surface area contributed by atoms with E-state index in [0.717, 1.165) is 24.0 Å². The van der Waals surface area contributed by atoms with Gasteiger partial charge in [-0.3, -0.25) is 15.0 Å². The van der Waals surface area contributed by atoms with E-state index in [0.29, 0.717) is 46.1 Å². The molecule has 0 spiro atoms. The molecule has 0 aromatic heterocycles. The Balaban J connectivity index is 0.000000583. The number of nitrogens with two attached hydrogens (primary N) is 8. The molecule has 0 fully saturated rings. The molecule has 2 amide bonds. The number of carbonyl (C=O) groups is 2. The second kappa shape index (κ2) is 25.3. The summed E-state index contributed by atoms with van der Waals surface area (Å²) in [6.45, 7) is 10.8. The molecule has 20 nitrogen and oxygen atoms in total. The fourth-order valence-corrected chi connectivity index (χ4v) is 4.79. The van der Waals surface area contributed by atoms with Gasteiger partial charge < -0.3 is 56.5 Å². The van der Waals surface area contributed by atoms with Crippen LogP contribution in [-0.4, -0.2) is 52.8 Å². The summed E-state index contributed by atoms with van der Waals surface area (Å²) in [4.78, 5) is 23.8. The van der Waals surface area contributed by atoms with Gasteiger partial charge in [-0.25, -0.2) is 0 Å². The Morgan fingerprint density at radius 3 is 1.41 bits per heavy atom. The third-order valence-corrected chi connectivity index (χ3v) is 7.59. The van der Waals surface area contributed by atoms with E-state index in [2.05, 4.69) is 58.7 Å². The summed E-state index contributed by atoms with van der Waals surface area (Å²) in [5.41, 5.74) is 51.4. The summed E-state index contributed by atoms with van der Waals surface area (Å²) in [5.74, 6) is -0.745. The highest BCUT2D eigenvalue weighted by atomic mass is 16.2. The van der Waals surface area contributed by atoms with Gasteiger partial charge in [-0.05, 0) is 81.6 Å². The van der Waals surface area contributed by atoms with Gasteiger partial charge >= 0.3 is 0 Å². The predicted octanol–water partition coefficient (Wildman–Crippen LogP) is 2.24. The maximum atomic E-state index is 12.5. The number of hydrazone groups is 1. The first-order valence-electron chi connectivity index (χ1n) is 18.0. The number of nitrogens with one attached hydrogen (secondary N) is 3. The van der Waals surface area contributed by atoms with Gasteiger partial charge in [-0.15, -0.1) is 20.4 Å². The maximum Gasteiger partial charge on any atom is 0.224 e. The molecule has 19 N–H and O–H groups in total. The molecule has 2 rings (SSSR count). The molecular formula is C36H60N18O2. The number of benzene rings is 2. The zero-order valence-electron chi connectivity index (χ0n) is 33.3. The minimum Gasteiger partial charge on any atom is -0.369 e. The lowest BCUT2D eigenvalue weighted by atomic mass is 10.0. The van der Waals surface area contributed by atoms with Crippen molar-refractivity contribution >= 4 is 64.2 Å². The summed E-state index contributed by atoms with van der Waals surface area (Å²) < 4.78 is 0. The van der Waals surface area contributed by atoms with E-state index in [1.807, 2.05) is 25.1 Å². The van der Waals surface area contributed by atoms with Crippen LogP contribution in [0.3, 0.4) is 0 Å². The Kier molecular flexibility index (Phi) is 21.4.